The van der Waals surface area contributed by atoms with Gasteiger partial charge in [-0.15, -0.1) is 0 Å². The topological polar surface area (TPSA) is 172 Å². The van der Waals surface area contributed by atoms with E-state index in [4.69, 9.17) is 26.2 Å². The summed E-state index contributed by atoms with van der Waals surface area (Å²) in [6.45, 7) is 2.33. The first-order valence-corrected chi connectivity index (χ1v) is 19.3. The van der Waals surface area contributed by atoms with Crippen LogP contribution < -0.4 is 20.1 Å². The molecule has 5 aromatic rings. The van der Waals surface area contributed by atoms with Crippen molar-refractivity contribution < 1.29 is 29.3 Å². The first-order chi connectivity index (χ1) is 26.7. The molecule has 1 fully saturated rings. The summed E-state index contributed by atoms with van der Waals surface area (Å²) in [7, 11) is 0. The molecular weight excluding hydrogens is 852 g/mol. The normalized spacial score (nSPS) is 14.1. The number of halogens is 2. The molecule has 2 atom stereocenters. The van der Waals surface area contributed by atoms with Gasteiger partial charge in [-0.25, -0.2) is 0 Å². The number of carboxylic acids is 1. The lowest BCUT2D eigenvalue weighted by Crippen LogP contribution is -2.39. The van der Waals surface area contributed by atoms with Gasteiger partial charge < -0.3 is 25.0 Å². The van der Waals surface area contributed by atoms with E-state index in [1.165, 1.54) is 6.20 Å². The molecule has 1 aliphatic rings. The van der Waals surface area contributed by atoms with Crippen molar-refractivity contribution in [3.05, 3.63) is 105 Å². The maximum absolute atomic E-state index is 11.5. The zero-order chi connectivity index (χ0) is 38.7. The maximum atomic E-state index is 11.5. The molecule has 4 N–H and O–H groups in total. The van der Waals surface area contributed by atoms with Crippen molar-refractivity contribution >= 4 is 77.2 Å². The van der Waals surface area contributed by atoms with Crippen LogP contribution in [0.1, 0.15) is 54.4 Å². The van der Waals surface area contributed by atoms with Crippen molar-refractivity contribution in [2.45, 2.75) is 64.4 Å². The van der Waals surface area contributed by atoms with Crippen LogP contribution in [0.15, 0.2) is 77.7 Å². The summed E-state index contributed by atoms with van der Waals surface area (Å²) in [6, 6.07) is 18.0. The van der Waals surface area contributed by atoms with Crippen molar-refractivity contribution in [1.82, 2.24) is 25.4 Å². The number of ether oxygens (including phenoxy) is 2. The van der Waals surface area contributed by atoms with Crippen molar-refractivity contribution in [2.24, 2.45) is 5.92 Å². The average Bonchev–Trinajstić information content (AvgIpc) is 3.81. The number of carboxylic acid groups (broad SMARTS) is 1. The van der Waals surface area contributed by atoms with Crippen molar-refractivity contribution in [1.29, 1.82) is 5.26 Å². The molecule has 0 bridgehead atoms. The first-order valence-electron chi connectivity index (χ1n) is 18.2. The third kappa shape index (κ3) is 12.0. The van der Waals surface area contributed by atoms with Gasteiger partial charge >= 0.3 is 5.97 Å². The van der Waals surface area contributed by atoms with E-state index in [1.807, 2.05) is 24.4 Å². The highest BCUT2D eigenvalue weighted by molar-refractivity contribution is 9.10. The number of nitrogens with zero attached hydrogens (tertiary/aromatic N) is 4. The highest BCUT2D eigenvalue weighted by Crippen LogP contribution is 2.38. The molecule has 0 unspecified atom stereocenters. The van der Waals surface area contributed by atoms with Gasteiger partial charge in [-0.3, -0.25) is 24.6 Å². The monoisotopic (exact) mass is 896 g/mol. The van der Waals surface area contributed by atoms with E-state index < -0.39 is 18.6 Å². The largest absolute Gasteiger partial charge is 0.488 e. The fourth-order valence-electron chi connectivity index (χ4n) is 6.67. The summed E-state index contributed by atoms with van der Waals surface area (Å²) in [6.07, 6.45) is 9.42. The summed E-state index contributed by atoms with van der Waals surface area (Å²) >= 11 is 10.5. The molecular formula is C41H46BrClN6O6S2. The molecule has 0 radical (unpaired) electrons. The number of aromatic nitrogens is 3. The average molecular weight is 898 g/mol. The van der Waals surface area contributed by atoms with Gasteiger partial charge in [0, 0.05) is 70.9 Å². The number of rotatable bonds is 19. The summed E-state index contributed by atoms with van der Waals surface area (Å²) in [5.74, 6) is 0.408. The van der Waals surface area contributed by atoms with Gasteiger partial charge in [0.05, 0.1) is 28.9 Å². The summed E-state index contributed by atoms with van der Waals surface area (Å²) in [4.78, 5) is 27.1. The molecule has 0 amide bonds. The Hall–Kier alpha value is -4.14. The molecule has 0 aliphatic heterocycles. The van der Waals surface area contributed by atoms with Gasteiger partial charge in [-0.05, 0) is 83.5 Å². The molecule has 6 rings (SSSR count). The van der Waals surface area contributed by atoms with Gasteiger partial charge in [0.15, 0.2) is 0 Å². The molecule has 16 heteroatoms. The van der Waals surface area contributed by atoms with Crippen LogP contribution in [0.25, 0.3) is 22.0 Å². The molecule has 1 saturated carbocycles. The number of nitriles is 1. The molecule has 2 heterocycles. The lowest BCUT2D eigenvalue weighted by molar-refractivity contribution is -0.140. The van der Waals surface area contributed by atoms with Crippen LogP contribution in [0.5, 0.6) is 11.5 Å². The van der Waals surface area contributed by atoms with E-state index in [9.17, 15) is 25.1 Å². The van der Waals surface area contributed by atoms with Crippen LogP contribution >= 0.6 is 54.5 Å². The Morgan fingerprint density at radius 3 is 2.58 bits per heavy atom. The number of hydrogen-bond donors (Lipinski definition) is 4. The maximum Gasteiger partial charge on any atom is 0.323 e. The van der Waals surface area contributed by atoms with Crippen LogP contribution in [-0.2, 0) is 35.9 Å². The van der Waals surface area contributed by atoms with Crippen LogP contribution in [0.4, 0.5) is 0 Å². The summed E-state index contributed by atoms with van der Waals surface area (Å²) < 4.78 is 15.3. The number of pyridine rings is 1. The zero-order valence-corrected chi connectivity index (χ0v) is 35.5. The minimum absolute atomic E-state index is 0. The van der Waals surface area contributed by atoms with Crippen LogP contribution in [0.2, 0.25) is 5.02 Å². The van der Waals surface area contributed by atoms with E-state index in [-0.39, 0.29) is 46.7 Å². The first kappa shape index (κ1) is 45.6. The molecule has 3 aromatic carbocycles. The second kappa shape index (κ2) is 22.1. The number of aryl methyl sites for hydroxylation is 1. The number of aliphatic carboxylic acids is 1. The Morgan fingerprint density at radius 1 is 1.04 bits per heavy atom. The van der Waals surface area contributed by atoms with Gasteiger partial charge in [0.1, 0.15) is 42.6 Å². The lowest BCUT2D eigenvalue weighted by Gasteiger charge is -2.18. The number of ketones is 1. The zero-order valence-electron chi connectivity index (χ0n) is 31.1. The fraction of sp³-hybridized carbons (Fsp3) is 0.341. The predicted molar refractivity (Wildman–Crippen MR) is 232 cm³/mol. The number of hydrogen-bond acceptors (Lipinski definition) is 10. The number of carbonyl (C=O) groups excluding carboxylic acids is 1. The molecule has 0 saturated heterocycles. The number of fused-ring (bicyclic) bond motifs is 1. The van der Waals surface area contributed by atoms with Gasteiger partial charge in [-0.1, -0.05) is 41.9 Å². The minimum atomic E-state index is -1.19. The van der Waals surface area contributed by atoms with E-state index in [2.05, 4.69) is 60.5 Å². The number of benzene rings is 3. The van der Waals surface area contributed by atoms with Crippen LogP contribution in [0, 0.1) is 17.2 Å². The fourth-order valence-corrected chi connectivity index (χ4v) is 7.50. The van der Waals surface area contributed by atoms with Gasteiger partial charge in [0.2, 0.25) is 0 Å². The number of Topliss-reactive ketones (excluding diaryl/α,β-unsaturated/α-hetero) is 1. The van der Waals surface area contributed by atoms with E-state index in [0.717, 1.165) is 77.4 Å². The quantitative estimate of drug-likeness (QED) is 0.0627. The van der Waals surface area contributed by atoms with Crippen molar-refractivity contribution in [3.63, 3.8) is 0 Å². The molecule has 0 spiro atoms. The van der Waals surface area contributed by atoms with Crippen molar-refractivity contribution in [2.75, 3.05) is 19.7 Å². The van der Waals surface area contributed by atoms with Gasteiger partial charge in [-0.2, -0.15) is 37.4 Å². The Bertz CT molecular complexity index is 2200. The number of unbranched alkanes of at least 4 members (excludes halogenated alkanes) is 1. The SMILES string of the molecule is N#Cc1cncc(COc2cc(OCc3cccc(-c4cccc5c4cnn5CCCCNC[C@@H]4CCC(=O)C4)c3Br)c(Cl)cc2CN[C@@H](CO)C(=O)O)c1.S.S. The number of carbonyl (C=O) groups is 2. The minimum Gasteiger partial charge on any atom is -0.488 e. The molecule has 12 nitrogen and oxygen atoms in total. The highest BCUT2D eigenvalue weighted by Gasteiger charge is 2.22. The second-order valence-electron chi connectivity index (χ2n) is 13.6. The molecule has 302 valence electrons. The Morgan fingerprint density at radius 2 is 1.82 bits per heavy atom. The Kier molecular flexibility index (Phi) is 17.7. The Balaban J connectivity index is 0.00000360. The standard InChI is InChI=1S/C41H42BrClN6O6.2H2S/c42-40-29(5-3-7-33(40)32-6-4-8-37-34(32)22-48-49(37)12-2-1-11-45-18-26-9-10-31(51)14-26)25-55-39-16-38(54-24-28-13-27(17-44)19-46-20-28)30(15-35(39)43)21-47-36(23-50)41(52)53;;/h3-8,13,15-16,19-20,22,26,36,45,47,50H,1-2,9-12,14,18,21,23-25H2,(H,52,53);2*1H2/t26-,36+;;/m1../s1. The number of nitrogens with one attached hydrogen (secondary N) is 2. The summed E-state index contributed by atoms with van der Waals surface area (Å²) in [5.41, 5.74) is 5.57. The molecule has 57 heavy (non-hydrogen) atoms. The number of aliphatic hydroxyl groups is 1. The van der Waals surface area contributed by atoms with Crippen molar-refractivity contribution in [3.8, 4) is 28.7 Å². The lowest BCUT2D eigenvalue weighted by atomic mass is 10.00. The smallest absolute Gasteiger partial charge is 0.323 e. The molecule has 1 aliphatic carbocycles. The predicted octanol–water partition coefficient (Wildman–Crippen LogP) is 7.04. The summed E-state index contributed by atoms with van der Waals surface area (Å²) in [5, 5.41) is 40.6. The third-order valence-electron chi connectivity index (χ3n) is 9.65. The third-order valence-corrected chi connectivity index (χ3v) is 10.9. The van der Waals surface area contributed by atoms with Crippen LogP contribution in [0.3, 0.4) is 0 Å². The van der Waals surface area contributed by atoms with E-state index in [0.29, 0.717) is 51.3 Å². The van der Waals surface area contributed by atoms with E-state index in [1.54, 1.807) is 24.4 Å². The highest BCUT2D eigenvalue weighted by atomic mass is 79.9. The number of aliphatic hydroxyl groups excluding tert-OH is 1. The van der Waals surface area contributed by atoms with Gasteiger partial charge in [0.25, 0.3) is 0 Å². The Labute approximate surface area is 358 Å². The van der Waals surface area contributed by atoms with Crippen LogP contribution in [-0.4, -0.2) is 62.5 Å². The second-order valence-corrected chi connectivity index (χ2v) is 14.8. The van der Waals surface area contributed by atoms with E-state index >= 15 is 0 Å². The molecule has 2 aromatic heterocycles.